The third-order valence-corrected chi connectivity index (χ3v) is 2.84. The van der Waals surface area contributed by atoms with Crippen molar-refractivity contribution < 1.29 is 9.90 Å². The largest absolute Gasteiger partial charge is 0.481 e. The molecule has 0 saturated carbocycles. The van der Waals surface area contributed by atoms with Crippen molar-refractivity contribution in [1.82, 2.24) is 0 Å². The standard InChI is InChI=1S/C12H22O2/c1-5-7-9-12(8-6-2,10(3)4)11(13)14/h6,8,10H,5,7,9H2,1-4H3,(H,13,14). The number of carboxylic acids is 1. The second-order valence-electron chi connectivity index (χ2n) is 4.10. The normalized spacial score (nSPS) is 16.1. The molecule has 82 valence electrons. The van der Waals surface area contributed by atoms with E-state index in [0.29, 0.717) is 0 Å². The van der Waals surface area contributed by atoms with Crippen molar-refractivity contribution in [2.45, 2.75) is 47.0 Å². The fourth-order valence-electron chi connectivity index (χ4n) is 1.76. The van der Waals surface area contributed by atoms with Crippen molar-refractivity contribution in [3.05, 3.63) is 12.2 Å². The average Bonchev–Trinajstić information content (AvgIpc) is 2.11. The van der Waals surface area contributed by atoms with Crippen molar-refractivity contribution >= 4 is 5.97 Å². The summed E-state index contributed by atoms with van der Waals surface area (Å²) in [5.74, 6) is -0.554. The second-order valence-corrected chi connectivity index (χ2v) is 4.10. The van der Waals surface area contributed by atoms with Gasteiger partial charge in [0.1, 0.15) is 0 Å². The van der Waals surface area contributed by atoms with Crippen molar-refractivity contribution in [1.29, 1.82) is 0 Å². The maximum atomic E-state index is 11.3. The van der Waals surface area contributed by atoms with Gasteiger partial charge in [0.05, 0.1) is 5.41 Å². The van der Waals surface area contributed by atoms with Crippen LogP contribution in [0.2, 0.25) is 0 Å². The highest BCUT2D eigenvalue weighted by Crippen LogP contribution is 2.35. The number of carbonyl (C=O) groups is 1. The molecule has 2 nitrogen and oxygen atoms in total. The summed E-state index contributed by atoms with van der Waals surface area (Å²) in [5, 5.41) is 9.30. The Labute approximate surface area is 87.0 Å². The first-order valence-corrected chi connectivity index (χ1v) is 5.38. The molecule has 1 N–H and O–H groups in total. The molecular weight excluding hydrogens is 176 g/mol. The van der Waals surface area contributed by atoms with E-state index in [1.54, 1.807) is 0 Å². The van der Waals surface area contributed by atoms with Gasteiger partial charge in [0.2, 0.25) is 0 Å². The highest BCUT2D eigenvalue weighted by atomic mass is 16.4. The van der Waals surface area contributed by atoms with Gasteiger partial charge in [-0.25, -0.2) is 0 Å². The Hall–Kier alpha value is -0.790. The molecule has 1 unspecified atom stereocenters. The van der Waals surface area contributed by atoms with Crippen molar-refractivity contribution in [2.75, 3.05) is 0 Å². The van der Waals surface area contributed by atoms with Crippen molar-refractivity contribution in [2.24, 2.45) is 11.3 Å². The lowest BCUT2D eigenvalue weighted by Gasteiger charge is -2.30. The molecule has 0 aliphatic carbocycles. The fourth-order valence-corrected chi connectivity index (χ4v) is 1.76. The van der Waals surface area contributed by atoms with E-state index in [9.17, 15) is 9.90 Å². The first-order valence-electron chi connectivity index (χ1n) is 5.38. The van der Waals surface area contributed by atoms with Gasteiger partial charge in [0, 0.05) is 0 Å². The Morgan fingerprint density at radius 2 is 2.07 bits per heavy atom. The summed E-state index contributed by atoms with van der Waals surface area (Å²) >= 11 is 0. The summed E-state index contributed by atoms with van der Waals surface area (Å²) < 4.78 is 0. The molecule has 2 heteroatoms. The Balaban J connectivity index is 4.85. The Bertz CT molecular complexity index is 206. The van der Waals surface area contributed by atoms with E-state index in [1.807, 2.05) is 32.9 Å². The van der Waals surface area contributed by atoms with Crippen LogP contribution >= 0.6 is 0 Å². The molecule has 0 rings (SSSR count). The predicted octanol–water partition coefficient (Wildman–Crippen LogP) is 3.48. The Morgan fingerprint density at radius 1 is 1.50 bits per heavy atom. The van der Waals surface area contributed by atoms with Crippen molar-refractivity contribution in [3.8, 4) is 0 Å². The zero-order chi connectivity index (χ0) is 11.2. The summed E-state index contributed by atoms with van der Waals surface area (Å²) in [7, 11) is 0. The maximum Gasteiger partial charge on any atom is 0.313 e. The molecule has 0 heterocycles. The van der Waals surface area contributed by atoms with Gasteiger partial charge >= 0.3 is 5.97 Å². The molecular formula is C12H22O2. The summed E-state index contributed by atoms with van der Waals surface area (Å²) in [4.78, 5) is 11.3. The quantitative estimate of drug-likeness (QED) is 0.663. The molecule has 14 heavy (non-hydrogen) atoms. The molecule has 0 amide bonds. The van der Waals surface area contributed by atoms with Crippen LogP contribution in [0.3, 0.4) is 0 Å². The van der Waals surface area contributed by atoms with Crippen LogP contribution in [0.1, 0.15) is 47.0 Å². The molecule has 0 fully saturated rings. The van der Waals surface area contributed by atoms with Crippen LogP contribution < -0.4 is 0 Å². The van der Waals surface area contributed by atoms with Gasteiger partial charge in [-0.1, -0.05) is 45.8 Å². The molecule has 0 aromatic heterocycles. The summed E-state index contributed by atoms with van der Waals surface area (Å²) in [6, 6.07) is 0. The molecule has 0 spiro atoms. The Kier molecular flexibility index (Phi) is 5.51. The van der Waals surface area contributed by atoms with E-state index in [-0.39, 0.29) is 5.92 Å². The third-order valence-electron chi connectivity index (χ3n) is 2.84. The van der Waals surface area contributed by atoms with Crippen molar-refractivity contribution in [3.63, 3.8) is 0 Å². The smallest absolute Gasteiger partial charge is 0.313 e. The zero-order valence-electron chi connectivity index (χ0n) is 9.71. The molecule has 0 radical (unpaired) electrons. The highest BCUT2D eigenvalue weighted by Gasteiger charge is 2.38. The van der Waals surface area contributed by atoms with Gasteiger partial charge in [0.25, 0.3) is 0 Å². The average molecular weight is 198 g/mol. The van der Waals surface area contributed by atoms with E-state index < -0.39 is 11.4 Å². The minimum atomic E-state index is -0.695. The lowest BCUT2D eigenvalue weighted by atomic mass is 9.73. The number of hydrogen-bond acceptors (Lipinski definition) is 1. The number of aliphatic carboxylic acids is 1. The monoisotopic (exact) mass is 198 g/mol. The predicted molar refractivity (Wildman–Crippen MR) is 59.2 cm³/mol. The first kappa shape index (κ1) is 13.2. The maximum absolute atomic E-state index is 11.3. The molecule has 0 aliphatic rings. The lowest BCUT2D eigenvalue weighted by molar-refractivity contribution is -0.148. The third kappa shape index (κ3) is 2.86. The van der Waals surface area contributed by atoms with Gasteiger partial charge in [0.15, 0.2) is 0 Å². The number of hydrogen-bond donors (Lipinski definition) is 1. The summed E-state index contributed by atoms with van der Waals surface area (Å²) in [6.07, 6.45) is 6.44. The topological polar surface area (TPSA) is 37.3 Å². The van der Waals surface area contributed by atoms with Crippen LogP contribution in [0.4, 0.5) is 0 Å². The van der Waals surface area contributed by atoms with E-state index in [0.717, 1.165) is 19.3 Å². The second kappa shape index (κ2) is 5.84. The van der Waals surface area contributed by atoms with E-state index in [1.165, 1.54) is 0 Å². The van der Waals surface area contributed by atoms with Crippen LogP contribution in [0.25, 0.3) is 0 Å². The molecule has 0 aliphatic heterocycles. The molecule has 1 atom stereocenters. The minimum Gasteiger partial charge on any atom is -0.481 e. The molecule has 0 saturated heterocycles. The van der Waals surface area contributed by atoms with Crippen LogP contribution in [0.15, 0.2) is 12.2 Å². The number of unbranched alkanes of at least 4 members (excludes halogenated alkanes) is 1. The first-order chi connectivity index (χ1) is 6.51. The van der Waals surface area contributed by atoms with Crippen LogP contribution in [-0.2, 0) is 4.79 Å². The minimum absolute atomic E-state index is 0.141. The highest BCUT2D eigenvalue weighted by molar-refractivity contribution is 5.77. The van der Waals surface area contributed by atoms with Gasteiger partial charge in [-0.3, -0.25) is 4.79 Å². The molecule has 0 bridgehead atoms. The molecule has 0 aromatic rings. The SMILES string of the molecule is CC=CC(CCCC)(C(=O)O)C(C)C. The van der Waals surface area contributed by atoms with Crippen LogP contribution in [0, 0.1) is 11.3 Å². The zero-order valence-corrected chi connectivity index (χ0v) is 9.71. The number of allylic oxidation sites excluding steroid dienone is 1. The van der Waals surface area contributed by atoms with Crippen LogP contribution in [0.5, 0.6) is 0 Å². The van der Waals surface area contributed by atoms with Gasteiger partial charge in [-0.2, -0.15) is 0 Å². The summed E-state index contributed by atoms with van der Waals surface area (Å²) in [6.45, 7) is 7.92. The lowest BCUT2D eigenvalue weighted by Crippen LogP contribution is -2.34. The van der Waals surface area contributed by atoms with Gasteiger partial charge < -0.3 is 5.11 Å². The van der Waals surface area contributed by atoms with Crippen LogP contribution in [-0.4, -0.2) is 11.1 Å². The number of carboxylic acid groups (broad SMARTS) is 1. The summed E-state index contributed by atoms with van der Waals surface area (Å²) in [5.41, 5.74) is -0.662. The fraction of sp³-hybridized carbons (Fsp3) is 0.750. The Morgan fingerprint density at radius 3 is 2.36 bits per heavy atom. The van der Waals surface area contributed by atoms with Gasteiger partial charge in [-0.05, 0) is 19.3 Å². The molecule has 0 aromatic carbocycles. The van der Waals surface area contributed by atoms with E-state index in [2.05, 4.69) is 6.92 Å². The van der Waals surface area contributed by atoms with Gasteiger partial charge in [-0.15, -0.1) is 0 Å². The number of rotatable bonds is 6. The van der Waals surface area contributed by atoms with E-state index >= 15 is 0 Å². The van der Waals surface area contributed by atoms with E-state index in [4.69, 9.17) is 0 Å².